The van der Waals surface area contributed by atoms with Gasteiger partial charge in [-0.2, -0.15) is 4.31 Å². The minimum atomic E-state index is -3.69. The number of nitrogens with one attached hydrogen (secondary N) is 3. The third kappa shape index (κ3) is 12.8. The highest BCUT2D eigenvalue weighted by Crippen LogP contribution is 2.38. The predicted octanol–water partition coefficient (Wildman–Crippen LogP) is 11.2. The molecule has 4 aromatic carbocycles. The van der Waals surface area contributed by atoms with E-state index in [1.807, 2.05) is 30.3 Å². The summed E-state index contributed by atoms with van der Waals surface area (Å²) in [5.74, 6) is 2.87. The minimum absolute atomic E-state index is 0. The van der Waals surface area contributed by atoms with Gasteiger partial charge >= 0.3 is 0 Å². The molecular weight excluding hydrogens is 1060 g/mol. The smallest absolute Gasteiger partial charge is 0.262 e. The molecule has 0 aliphatic carbocycles. The van der Waals surface area contributed by atoms with Crippen molar-refractivity contribution in [3.8, 4) is 0 Å². The van der Waals surface area contributed by atoms with Crippen molar-refractivity contribution in [3.63, 3.8) is 0 Å². The van der Waals surface area contributed by atoms with Crippen LogP contribution < -0.4 is 26.2 Å². The first-order chi connectivity index (χ1) is 33.1. The van der Waals surface area contributed by atoms with Crippen molar-refractivity contribution in [2.75, 3.05) is 62.2 Å². The quantitative estimate of drug-likeness (QED) is 0.132. The lowest BCUT2D eigenvalue weighted by Gasteiger charge is -2.40. The Labute approximate surface area is 439 Å². The summed E-state index contributed by atoms with van der Waals surface area (Å²) in [4.78, 5) is 34.3. The zero-order valence-electron chi connectivity index (χ0n) is 38.3. The normalized spacial score (nSPS) is 18.1. The van der Waals surface area contributed by atoms with E-state index in [0.717, 1.165) is 85.8 Å². The van der Waals surface area contributed by atoms with E-state index in [1.165, 1.54) is 50.9 Å². The molecule has 4 fully saturated rings. The third-order valence-corrected chi connectivity index (χ3v) is 19.0. The van der Waals surface area contributed by atoms with Crippen molar-refractivity contribution in [3.05, 3.63) is 138 Å². The van der Waals surface area contributed by atoms with Gasteiger partial charge < -0.3 is 25.1 Å². The first kappa shape index (κ1) is 54.2. The number of benzene rings is 4. The van der Waals surface area contributed by atoms with Crippen LogP contribution in [-0.2, 0) is 19.1 Å². The van der Waals surface area contributed by atoms with Crippen molar-refractivity contribution in [2.24, 2.45) is 23.7 Å². The molecule has 0 unspecified atom stereocenters. The summed E-state index contributed by atoms with van der Waals surface area (Å²) in [6.07, 6.45) is 12.4. The Kier molecular flexibility index (Phi) is 18.6. The van der Waals surface area contributed by atoms with E-state index in [-0.39, 0.29) is 43.4 Å². The highest BCUT2D eigenvalue weighted by atomic mass is 35.7. The summed E-state index contributed by atoms with van der Waals surface area (Å²) in [6.45, 7) is 7.45. The van der Waals surface area contributed by atoms with E-state index in [9.17, 15) is 26.4 Å². The molecule has 20 heteroatoms. The first-order valence-corrected chi connectivity index (χ1v) is 28.6. The maximum Gasteiger partial charge on any atom is 0.262 e. The van der Waals surface area contributed by atoms with Crippen molar-refractivity contribution in [2.45, 2.75) is 61.2 Å². The van der Waals surface area contributed by atoms with Gasteiger partial charge in [-0.25, -0.2) is 16.8 Å². The van der Waals surface area contributed by atoms with E-state index in [0.29, 0.717) is 45.7 Å². The highest BCUT2D eigenvalue weighted by Gasteiger charge is 2.35. The Morgan fingerprint density at radius 1 is 0.486 bits per heavy atom. The molecule has 4 aliphatic heterocycles. The molecule has 6 aromatic rings. The van der Waals surface area contributed by atoms with Crippen LogP contribution in [0.2, 0.25) is 20.1 Å². The van der Waals surface area contributed by atoms with Crippen LogP contribution in [0.1, 0.15) is 51.4 Å². The van der Waals surface area contributed by atoms with Gasteiger partial charge in [-0.05, 0) is 160 Å². The standard InChI is InChI=1S/C25H27Cl2N3O3S.C19H24ClN3O.C6H4Cl2O2S.ClH/c26-21-3-1-2-4-23(21)34(32,33)30-13-8-18(9-14-30)17-6-11-29(12-7-17)20-15-19-5-10-28-25(31)24(19)22(27)16-20;20-17-12-16(11-15-3-8-22-19(24)18(15)17)23-9-4-14(5-10-23)13-1-6-21-7-2-13;7-5-3-1-2-4-6(5)11(8,9)10;/h1-5,10,15-18H,6-9,11-14H2,(H,28,31);3,8,11-14,21H,1-2,4-7,9-10H2,(H,22,24);1-4H;1H. The van der Waals surface area contributed by atoms with Gasteiger partial charge in [0.1, 0.15) is 9.79 Å². The number of H-pyrrole nitrogens is 2. The van der Waals surface area contributed by atoms with Crippen LogP contribution in [-0.4, -0.2) is 83.5 Å². The van der Waals surface area contributed by atoms with Crippen molar-refractivity contribution < 1.29 is 16.8 Å². The molecule has 0 amide bonds. The molecule has 0 bridgehead atoms. The van der Waals surface area contributed by atoms with Crippen LogP contribution >= 0.6 is 69.5 Å². The maximum atomic E-state index is 13.0. The molecular formula is C50H56Cl6N6O6S2. The second-order valence-electron chi connectivity index (χ2n) is 18.2. The molecule has 6 heterocycles. The fraction of sp³-hybridized carbons (Fsp3) is 0.400. The van der Waals surface area contributed by atoms with Crippen LogP contribution in [0, 0.1) is 23.7 Å². The van der Waals surface area contributed by atoms with Crippen LogP contribution in [0.4, 0.5) is 11.4 Å². The second kappa shape index (κ2) is 24.0. The molecule has 4 saturated heterocycles. The van der Waals surface area contributed by atoms with E-state index >= 15 is 0 Å². The molecule has 2 aromatic heterocycles. The van der Waals surface area contributed by atoms with Gasteiger partial charge in [0.25, 0.3) is 20.2 Å². The van der Waals surface area contributed by atoms with E-state index < -0.39 is 19.1 Å². The molecule has 376 valence electrons. The number of pyridine rings is 2. The van der Waals surface area contributed by atoms with Crippen LogP contribution in [0.3, 0.4) is 0 Å². The van der Waals surface area contributed by atoms with E-state index in [2.05, 4.69) is 31.2 Å². The lowest BCUT2D eigenvalue weighted by Crippen LogP contribution is -2.42. The number of hydrogen-bond donors (Lipinski definition) is 3. The van der Waals surface area contributed by atoms with E-state index in [4.69, 9.17) is 57.1 Å². The molecule has 3 N–H and O–H groups in total. The number of aromatic amines is 2. The summed E-state index contributed by atoms with van der Waals surface area (Å²) in [6, 6.07) is 24.4. The number of halogens is 6. The van der Waals surface area contributed by atoms with Crippen LogP contribution in [0.5, 0.6) is 0 Å². The number of anilines is 2. The lowest BCUT2D eigenvalue weighted by atomic mass is 9.79. The van der Waals surface area contributed by atoms with E-state index in [1.54, 1.807) is 53.1 Å². The number of rotatable bonds is 7. The molecule has 4 aliphatic rings. The Morgan fingerprint density at radius 3 is 1.27 bits per heavy atom. The Bertz CT molecular complexity index is 3110. The first-order valence-electron chi connectivity index (χ1n) is 23.3. The molecule has 0 radical (unpaired) electrons. The fourth-order valence-corrected chi connectivity index (χ4v) is 14.6. The average molecular weight is 1110 g/mol. The summed E-state index contributed by atoms with van der Waals surface area (Å²) in [5.41, 5.74) is 1.90. The maximum absolute atomic E-state index is 13.0. The van der Waals surface area contributed by atoms with Gasteiger partial charge in [0.2, 0.25) is 10.0 Å². The number of fused-ring (bicyclic) bond motifs is 2. The predicted molar refractivity (Wildman–Crippen MR) is 289 cm³/mol. The zero-order valence-corrected chi connectivity index (χ0v) is 44.5. The van der Waals surface area contributed by atoms with Gasteiger partial charge in [-0.15, -0.1) is 12.4 Å². The van der Waals surface area contributed by atoms with Crippen molar-refractivity contribution >= 4 is 121 Å². The molecule has 10 rings (SSSR count). The highest BCUT2D eigenvalue weighted by molar-refractivity contribution is 8.13. The van der Waals surface area contributed by atoms with Crippen LogP contribution in [0.15, 0.2) is 117 Å². The molecule has 0 saturated carbocycles. The van der Waals surface area contributed by atoms with Gasteiger partial charge in [-0.3, -0.25) is 9.59 Å². The lowest BCUT2D eigenvalue weighted by molar-refractivity contribution is 0.183. The number of nitrogens with zero attached hydrogens (tertiary/aromatic N) is 3. The topological polar surface area (TPSA) is 156 Å². The molecule has 70 heavy (non-hydrogen) atoms. The van der Waals surface area contributed by atoms with Crippen molar-refractivity contribution in [1.29, 1.82) is 0 Å². The van der Waals surface area contributed by atoms with Crippen LogP contribution in [0.25, 0.3) is 21.5 Å². The fourth-order valence-electron chi connectivity index (χ4n) is 10.5. The largest absolute Gasteiger partial charge is 0.371 e. The molecule has 0 spiro atoms. The Balaban J connectivity index is 0.000000174. The van der Waals surface area contributed by atoms with Crippen molar-refractivity contribution in [1.82, 2.24) is 19.6 Å². The SMILES string of the molecule is Cl.O=S(=O)(Cl)c1ccccc1Cl.O=c1[nH]ccc2cc(N3CCC(C4CCN(S(=O)(=O)c5ccccc5Cl)CC4)CC3)cc(Cl)c12.O=c1[nH]ccc2cc(N3CCC(C4CCNCC4)CC3)cc(Cl)c12. The Hall–Kier alpha value is -3.54. The van der Waals surface area contributed by atoms with Gasteiger partial charge in [-0.1, -0.05) is 70.7 Å². The number of hydrogen-bond acceptors (Lipinski definition) is 9. The summed E-state index contributed by atoms with van der Waals surface area (Å²) >= 11 is 24.5. The van der Waals surface area contributed by atoms with Gasteiger partial charge in [0, 0.05) is 73.7 Å². The summed E-state index contributed by atoms with van der Waals surface area (Å²) < 4.78 is 49.1. The molecule has 12 nitrogen and oxygen atoms in total. The molecule has 0 atom stereocenters. The summed E-state index contributed by atoms with van der Waals surface area (Å²) in [7, 11) is -2.20. The zero-order chi connectivity index (χ0) is 48.9. The Morgan fingerprint density at radius 2 is 0.871 bits per heavy atom. The number of aromatic nitrogens is 2. The monoisotopic (exact) mass is 1110 g/mol. The minimum Gasteiger partial charge on any atom is -0.371 e. The summed E-state index contributed by atoms with van der Waals surface area (Å²) in [5, 5.41) is 7.78. The van der Waals surface area contributed by atoms with Gasteiger partial charge in [0.05, 0.1) is 30.9 Å². The second-order valence-corrected chi connectivity index (χ2v) is 24.2. The van der Waals surface area contributed by atoms with Gasteiger partial charge in [0.15, 0.2) is 0 Å². The average Bonchev–Trinajstić information content (AvgIpc) is 3.34. The number of sulfonamides is 1. The number of piperidine rings is 4. The third-order valence-electron chi connectivity index (χ3n) is 14.2.